The molecule has 0 N–H and O–H groups in total. The van der Waals surface area contributed by atoms with Crippen molar-refractivity contribution in [2.45, 2.75) is 19.1 Å². The lowest BCUT2D eigenvalue weighted by molar-refractivity contribution is 0.102. The van der Waals surface area contributed by atoms with Crippen molar-refractivity contribution in [3.8, 4) is 0 Å². The van der Waals surface area contributed by atoms with Gasteiger partial charge in [0.25, 0.3) is 0 Å². The molecule has 0 bridgehead atoms. The summed E-state index contributed by atoms with van der Waals surface area (Å²) in [5.41, 5.74) is 2.02. The number of rotatable bonds is 1. The minimum atomic E-state index is 0.226. The van der Waals surface area contributed by atoms with Gasteiger partial charge in [0.1, 0.15) is 11.0 Å². The van der Waals surface area contributed by atoms with Gasteiger partial charge in [-0.15, -0.1) is 0 Å². The summed E-state index contributed by atoms with van der Waals surface area (Å²) >= 11 is 6.29. The van der Waals surface area contributed by atoms with E-state index < -0.39 is 0 Å². The molecule has 1 aromatic rings. The first-order valence-electron chi connectivity index (χ1n) is 6.67. The van der Waals surface area contributed by atoms with Crippen LogP contribution in [0.3, 0.4) is 0 Å². The van der Waals surface area contributed by atoms with Gasteiger partial charge in [0.15, 0.2) is 0 Å². The molecule has 0 amide bonds. The second kappa shape index (κ2) is 5.32. The van der Waals surface area contributed by atoms with Gasteiger partial charge in [0, 0.05) is 31.6 Å². The number of fused-ring (bicyclic) bond motifs is 1. The highest BCUT2D eigenvalue weighted by Crippen LogP contribution is 2.27. The molecule has 0 radical (unpaired) electrons. The minimum Gasteiger partial charge on any atom is -0.376 e. The quantitative estimate of drug-likeness (QED) is 0.722. The molecule has 1 unspecified atom stereocenters. The summed E-state index contributed by atoms with van der Waals surface area (Å²) in [6, 6.07) is 0.226. The van der Waals surface area contributed by atoms with Crippen molar-refractivity contribution in [1.29, 1.82) is 0 Å². The molecule has 0 aliphatic carbocycles. The minimum absolute atomic E-state index is 0.226. The van der Waals surface area contributed by atoms with Crippen molar-refractivity contribution in [2.24, 2.45) is 0 Å². The molecule has 1 atom stereocenters. The van der Waals surface area contributed by atoms with Crippen molar-refractivity contribution in [3.05, 3.63) is 22.2 Å². The molecule has 3 rings (SSSR count). The molecule has 5 nitrogen and oxygen atoms in total. The van der Waals surface area contributed by atoms with E-state index in [1.165, 1.54) is 0 Å². The van der Waals surface area contributed by atoms with E-state index in [1.807, 2.05) is 0 Å². The molecule has 0 spiro atoms. The van der Waals surface area contributed by atoms with Gasteiger partial charge >= 0.3 is 0 Å². The Morgan fingerprint density at radius 1 is 1.26 bits per heavy atom. The van der Waals surface area contributed by atoms with Crippen LogP contribution in [0.25, 0.3) is 0 Å². The monoisotopic (exact) mass is 282 g/mol. The van der Waals surface area contributed by atoms with E-state index in [0.29, 0.717) is 11.8 Å². The summed E-state index contributed by atoms with van der Waals surface area (Å²) in [4.78, 5) is 13.9. The van der Waals surface area contributed by atoms with Crippen molar-refractivity contribution in [1.82, 2.24) is 19.8 Å². The van der Waals surface area contributed by atoms with Crippen LogP contribution in [-0.4, -0.2) is 60.1 Å². The fourth-order valence-corrected chi connectivity index (χ4v) is 2.90. The van der Waals surface area contributed by atoms with Gasteiger partial charge in [0.05, 0.1) is 24.9 Å². The standard InChI is InChI=1S/C13H19ClN4O/c1-17-4-5-18(2)11(7-17)13-15-10-3-6-19-8-9(10)12(14)16-13/h11H,3-8H2,1-2H3. The second-order valence-electron chi connectivity index (χ2n) is 5.36. The van der Waals surface area contributed by atoms with E-state index in [1.54, 1.807) is 0 Å². The first kappa shape index (κ1) is 13.2. The molecule has 19 heavy (non-hydrogen) atoms. The Morgan fingerprint density at radius 3 is 2.95 bits per heavy atom. The number of likely N-dealkylation sites (N-methyl/N-ethyl adjacent to an activating group) is 2. The normalized spacial score (nSPS) is 25.3. The Hall–Kier alpha value is -0.750. The van der Waals surface area contributed by atoms with E-state index in [9.17, 15) is 0 Å². The fourth-order valence-electron chi connectivity index (χ4n) is 2.65. The van der Waals surface area contributed by atoms with Gasteiger partial charge in [0.2, 0.25) is 0 Å². The summed E-state index contributed by atoms with van der Waals surface area (Å²) in [6.45, 7) is 4.32. The van der Waals surface area contributed by atoms with E-state index in [0.717, 1.165) is 49.7 Å². The zero-order valence-corrected chi connectivity index (χ0v) is 12.2. The number of hydrogen-bond donors (Lipinski definition) is 0. The van der Waals surface area contributed by atoms with Crippen LogP contribution in [0.4, 0.5) is 0 Å². The first-order chi connectivity index (χ1) is 9.15. The van der Waals surface area contributed by atoms with Gasteiger partial charge in [-0.3, -0.25) is 4.90 Å². The summed E-state index contributed by atoms with van der Waals surface area (Å²) < 4.78 is 5.42. The van der Waals surface area contributed by atoms with Gasteiger partial charge < -0.3 is 9.64 Å². The molecular weight excluding hydrogens is 264 g/mol. The molecule has 1 saturated heterocycles. The molecule has 1 aromatic heterocycles. The van der Waals surface area contributed by atoms with E-state index >= 15 is 0 Å². The van der Waals surface area contributed by atoms with Gasteiger partial charge in [-0.2, -0.15) is 0 Å². The van der Waals surface area contributed by atoms with Crippen LogP contribution >= 0.6 is 11.6 Å². The highest BCUT2D eigenvalue weighted by atomic mass is 35.5. The number of aromatic nitrogens is 2. The topological polar surface area (TPSA) is 41.5 Å². The predicted molar refractivity (Wildman–Crippen MR) is 73.3 cm³/mol. The maximum Gasteiger partial charge on any atom is 0.148 e. The first-order valence-corrected chi connectivity index (χ1v) is 7.04. The molecule has 6 heteroatoms. The number of halogens is 1. The van der Waals surface area contributed by atoms with Crippen LogP contribution in [0.5, 0.6) is 0 Å². The molecule has 2 aliphatic rings. The van der Waals surface area contributed by atoms with Crippen LogP contribution in [0.15, 0.2) is 0 Å². The third kappa shape index (κ3) is 2.60. The van der Waals surface area contributed by atoms with Crippen LogP contribution in [-0.2, 0) is 17.8 Å². The Bertz CT molecular complexity index is 482. The van der Waals surface area contributed by atoms with Crippen LogP contribution in [0.1, 0.15) is 23.1 Å². The lowest BCUT2D eigenvalue weighted by atomic mass is 10.1. The van der Waals surface area contributed by atoms with Crippen LogP contribution < -0.4 is 0 Å². The maximum atomic E-state index is 6.29. The third-order valence-corrected chi connectivity index (χ3v) is 4.25. The van der Waals surface area contributed by atoms with E-state index in [-0.39, 0.29) is 6.04 Å². The Labute approximate surface area is 118 Å². The smallest absolute Gasteiger partial charge is 0.148 e. The maximum absolute atomic E-state index is 6.29. The molecule has 0 aromatic carbocycles. The fraction of sp³-hybridized carbons (Fsp3) is 0.692. The molecule has 1 fully saturated rings. The van der Waals surface area contributed by atoms with Crippen LogP contribution in [0, 0.1) is 0 Å². The molecule has 2 aliphatic heterocycles. The largest absolute Gasteiger partial charge is 0.376 e. The Balaban J connectivity index is 1.94. The van der Waals surface area contributed by atoms with E-state index in [4.69, 9.17) is 21.3 Å². The van der Waals surface area contributed by atoms with E-state index in [2.05, 4.69) is 28.9 Å². The van der Waals surface area contributed by atoms with Crippen molar-refractivity contribution >= 4 is 11.6 Å². The van der Waals surface area contributed by atoms with Gasteiger partial charge in [-0.1, -0.05) is 11.6 Å². The van der Waals surface area contributed by atoms with Crippen LogP contribution in [0.2, 0.25) is 5.15 Å². The predicted octanol–water partition coefficient (Wildman–Crippen LogP) is 1.12. The van der Waals surface area contributed by atoms with Gasteiger partial charge in [-0.25, -0.2) is 9.97 Å². The lowest BCUT2D eigenvalue weighted by Crippen LogP contribution is -2.45. The summed E-state index contributed by atoms with van der Waals surface area (Å²) in [6.07, 6.45) is 0.830. The number of piperazine rings is 1. The average molecular weight is 283 g/mol. The highest BCUT2D eigenvalue weighted by molar-refractivity contribution is 6.30. The third-order valence-electron chi connectivity index (χ3n) is 3.94. The highest BCUT2D eigenvalue weighted by Gasteiger charge is 2.28. The zero-order valence-electron chi connectivity index (χ0n) is 11.4. The zero-order chi connectivity index (χ0) is 13.4. The lowest BCUT2D eigenvalue weighted by Gasteiger charge is -2.37. The number of nitrogens with zero attached hydrogens (tertiary/aromatic N) is 4. The van der Waals surface area contributed by atoms with Gasteiger partial charge in [-0.05, 0) is 14.1 Å². The molecule has 3 heterocycles. The molecular formula is C13H19ClN4O. The van der Waals surface area contributed by atoms with Crippen molar-refractivity contribution in [3.63, 3.8) is 0 Å². The summed E-state index contributed by atoms with van der Waals surface area (Å²) in [5.74, 6) is 0.847. The SMILES string of the molecule is CN1CCN(C)C(c2nc(Cl)c3c(n2)CCOC3)C1. The molecule has 0 saturated carbocycles. The summed E-state index contributed by atoms with van der Waals surface area (Å²) in [7, 11) is 4.26. The van der Waals surface area contributed by atoms with Crippen molar-refractivity contribution < 1.29 is 4.74 Å². The van der Waals surface area contributed by atoms with Crippen molar-refractivity contribution in [2.75, 3.05) is 40.3 Å². The average Bonchev–Trinajstić information content (AvgIpc) is 2.41. The number of hydrogen-bond acceptors (Lipinski definition) is 5. The second-order valence-corrected chi connectivity index (χ2v) is 5.72. The molecule has 104 valence electrons. The number of ether oxygens (including phenoxy) is 1. The Morgan fingerprint density at radius 2 is 2.11 bits per heavy atom. The summed E-state index contributed by atoms with van der Waals surface area (Å²) in [5, 5.41) is 0.557. The Kier molecular flexibility index (Phi) is 3.71.